The summed E-state index contributed by atoms with van der Waals surface area (Å²) in [6.45, 7) is 5.94. The third kappa shape index (κ3) is 4.27. The lowest BCUT2D eigenvalue weighted by molar-refractivity contribution is 0.588. The van der Waals surface area contributed by atoms with Gasteiger partial charge in [-0.15, -0.1) is 0 Å². The first kappa shape index (κ1) is 14.4. The minimum absolute atomic E-state index is 0.494. The molecule has 0 aliphatic carbocycles. The van der Waals surface area contributed by atoms with Crippen LogP contribution in [0.15, 0.2) is 36.7 Å². The molecule has 0 amide bonds. The molecule has 19 heavy (non-hydrogen) atoms. The molecule has 0 fully saturated rings. The Morgan fingerprint density at radius 3 is 2.68 bits per heavy atom. The summed E-state index contributed by atoms with van der Waals surface area (Å²) >= 11 is 12.1. The molecule has 0 unspecified atom stereocenters. The summed E-state index contributed by atoms with van der Waals surface area (Å²) in [5, 5.41) is 4.78. The Bertz CT molecular complexity index is 547. The van der Waals surface area contributed by atoms with E-state index in [1.54, 1.807) is 6.07 Å². The van der Waals surface area contributed by atoms with Gasteiger partial charge in [0.2, 0.25) is 0 Å². The van der Waals surface area contributed by atoms with Crippen molar-refractivity contribution in [1.29, 1.82) is 0 Å². The summed E-state index contributed by atoms with van der Waals surface area (Å²) < 4.78 is 2.13. The SMILES string of the molecule is CC(C)NCc1ccn(Cc2ccc(Cl)cc2Cl)c1. The van der Waals surface area contributed by atoms with Crippen molar-refractivity contribution in [2.45, 2.75) is 33.0 Å². The van der Waals surface area contributed by atoms with Crippen LogP contribution in [0.1, 0.15) is 25.0 Å². The maximum absolute atomic E-state index is 6.18. The number of halogens is 2. The van der Waals surface area contributed by atoms with Crippen LogP contribution in [0.25, 0.3) is 0 Å². The molecular formula is C15H18Cl2N2. The highest BCUT2D eigenvalue weighted by Crippen LogP contribution is 2.22. The van der Waals surface area contributed by atoms with E-state index in [0.717, 1.165) is 18.7 Å². The van der Waals surface area contributed by atoms with Crippen LogP contribution in [0.4, 0.5) is 0 Å². The number of rotatable bonds is 5. The fraction of sp³-hybridized carbons (Fsp3) is 0.333. The van der Waals surface area contributed by atoms with E-state index in [-0.39, 0.29) is 0 Å². The lowest BCUT2D eigenvalue weighted by atomic mass is 10.2. The van der Waals surface area contributed by atoms with Crippen LogP contribution < -0.4 is 5.32 Å². The Morgan fingerprint density at radius 1 is 1.21 bits per heavy atom. The second-order valence-corrected chi connectivity index (χ2v) is 5.81. The number of nitrogens with one attached hydrogen (secondary N) is 1. The van der Waals surface area contributed by atoms with Crippen molar-refractivity contribution in [3.8, 4) is 0 Å². The Morgan fingerprint density at radius 2 is 2.00 bits per heavy atom. The van der Waals surface area contributed by atoms with E-state index < -0.39 is 0 Å². The lowest BCUT2D eigenvalue weighted by Crippen LogP contribution is -2.21. The van der Waals surface area contributed by atoms with Gasteiger partial charge in [-0.25, -0.2) is 0 Å². The number of benzene rings is 1. The molecule has 1 N–H and O–H groups in total. The lowest BCUT2D eigenvalue weighted by Gasteiger charge is -2.07. The Balaban J connectivity index is 2.03. The molecule has 1 heterocycles. The number of hydrogen-bond donors (Lipinski definition) is 1. The highest BCUT2D eigenvalue weighted by molar-refractivity contribution is 6.35. The summed E-state index contributed by atoms with van der Waals surface area (Å²) in [6.07, 6.45) is 4.21. The van der Waals surface area contributed by atoms with E-state index in [2.05, 4.69) is 42.2 Å². The molecule has 0 saturated carbocycles. The van der Waals surface area contributed by atoms with Crippen LogP contribution in [0.5, 0.6) is 0 Å². The van der Waals surface area contributed by atoms with Crippen molar-refractivity contribution in [3.63, 3.8) is 0 Å². The van der Waals surface area contributed by atoms with Gasteiger partial charge < -0.3 is 9.88 Å². The van der Waals surface area contributed by atoms with Crippen LogP contribution in [-0.4, -0.2) is 10.6 Å². The Labute approximate surface area is 124 Å². The summed E-state index contributed by atoms with van der Waals surface area (Å²) in [7, 11) is 0. The van der Waals surface area contributed by atoms with Crippen LogP contribution in [-0.2, 0) is 13.1 Å². The number of nitrogens with zero attached hydrogens (tertiary/aromatic N) is 1. The zero-order chi connectivity index (χ0) is 13.8. The molecule has 0 atom stereocenters. The van der Waals surface area contributed by atoms with Crippen LogP contribution >= 0.6 is 23.2 Å². The maximum Gasteiger partial charge on any atom is 0.0485 e. The highest BCUT2D eigenvalue weighted by atomic mass is 35.5. The first-order valence-electron chi connectivity index (χ1n) is 6.36. The first-order chi connectivity index (χ1) is 9.04. The third-order valence-electron chi connectivity index (χ3n) is 2.89. The number of aromatic nitrogens is 1. The fourth-order valence-electron chi connectivity index (χ4n) is 1.86. The molecule has 0 radical (unpaired) electrons. The molecule has 2 nitrogen and oxygen atoms in total. The monoisotopic (exact) mass is 296 g/mol. The van der Waals surface area contributed by atoms with Crippen molar-refractivity contribution in [1.82, 2.24) is 9.88 Å². The van der Waals surface area contributed by atoms with Crippen molar-refractivity contribution < 1.29 is 0 Å². The molecule has 2 aromatic rings. The second-order valence-electron chi connectivity index (χ2n) is 4.96. The summed E-state index contributed by atoms with van der Waals surface area (Å²) in [5.74, 6) is 0. The van der Waals surface area contributed by atoms with Crippen LogP contribution in [0, 0.1) is 0 Å². The van der Waals surface area contributed by atoms with Gasteiger partial charge in [0.05, 0.1) is 0 Å². The molecule has 0 aliphatic rings. The van der Waals surface area contributed by atoms with Crippen LogP contribution in [0.2, 0.25) is 10.0 Å². The second kappa shape index (κ2) is 6.47. The van der Waals surface area contributed by atoms with Crippen molar-refractivity contribution >= 4 is 23.2 Å². The minimum atomic E-state index is 0.494. The van der Waals surface area contributed by atoms with E-state index in [9.17, 15) is 0 Å². The quantitative estimate of drug-likeness (QED) is 0.868. The molecule has 1 aromatic carbocycles. The predicted octanol–water partition coefficient (Wildman–Crippen LogP) is 4.34. The Hall–Kier alpha value is -0.960. The zero-order valence-corrected chi connectivity index (χ0v) is 12.7. The van der Waals surface area contributed by atoms with Gasteiger partial charge in [0.25, 0.3) is 0 Å². The van der Waals surface area contributed by atoms with E-state index in [1.165, 1.54) is 5.56 Å². The van der Waals surface area contributed by atoms with E-state index >= 15 is 0 Å². The predicted molar refractivity (Wildman–Crippen MR) is 82.0 cm³/mol. The summed E-state index contributed by atoms with van der Waals surface area (Å²) in [5.41, 5.74) is 2.35. The van der Waals surface area contributed by atoms with Gasteiger partial charge in [-0.05, 0) is 29.3 Å². The third-order valence-corrected chi connectivity index (χ3v) is 3.48. The fourth-order valence-corrected chi connectivity index (χ4v) is 2.33. The maximum atomic E-state index is 6.18. The summed E-state index contributed by atoms with van der Waals surface area (Å²) in [4.78, 5) is 0. The average Bonchev–Trinajstić information content (AvgIpc) is 2.78. The average molecular weight is 297 g/mol. The molecule has 0 saturated heterocycles. The van der Waals surface area contributed by atoms with Crippen molar-refractivity contribution in [2.24, 2.45) is 0 Å². The molecule has 102 valence electrons. The molecule has 4 heteroatoms. The van der Waals surface area contributed by atoms with Crippen molar-refractivity contribution in [3.05, 3.63) is 57.8 Å². The molecule has 0 aliphatic heterocycles. The normalized spacial score (nSPS) is 11.2. The van der Waals surface area contributed by atoms with E-state index in [4.69, 9.17) is 23.2 Å². The van der Waals surface area contributed by atoms with E-state index in [0.29, 0.717) is 16.1 Å². The van der Waals surface area contributed by atoms with Gasteiger partial charge in [0.15, 0.2) is 0 Å². The highest BCUT2D eigenvalue weighted by Gasteiger charge is 2.03. The minimum Gasteiger partial charge on any atom is -0.350 e. The van der Waals surface area contributed by atoms with Crippen LogP contribution in [0.3, 0.4) is 0 Å². The topological polar surface area (TPSA) is 17.0 Å². The standard InChI is InChI=1S/C15H18Cl2N2/c1-11(2)18-8-12-5-6-19(9-12)10-13-3-4-14(16)7-15(13)17/h3-7,9,11,18H,8,10H2,1-2H3. The van der Waals surface area contributed by atoms with Gasteiger partial charge in [0, 0.05) is 41.6 Å². The van der Waals surface area contributed by atoms with E-state index in [1.807, 2.05) is 12.1 Å². The Kier molecular flexibility index (Phi) is 4.92. The smallest absolute Gasteiger partial charge is 0.0485 e. The van der Waals surface area contributed by atoms with Crippen molar-refractivity contribution in [2.75, 3.05) is 0 Å². The largest absolute Gasteiger partial charge is 0.350 e. The van der Waals surface area contributed by atoms with Gasteiger partial charge in [-0.3, -0.25) is 0 Å². The van der Waals surface area contributed by atoms with Gasteiger partial charge >= 0.3 is 0 Å². The molecular weight excluding hydrogens is 279 g/mol. The van der Waals surface area contributed by atoms with Gasteiger partial charge in [0.1, 0.15) is 0 Å². The number of hydrogen-bond acceptors (Lipinski definition) is 1. The molecule has 0 spiro atoms. The molecule has 1 aromatic heterocycles. The molecule has 2 rings (SSSR count). The first-order valence-corrected chi connectivity index (χ1v) is 7.12. The summed E-state index contributed by atoms with van der Waals surface area (Å²) in [6, 6.07) is 8.24. The molecule has 0 bridgehead atoms. The van der Waals surface area contributed by atoms with Gasteiger partial charge in [-0.1, -0.05) is 43.1 Å². The zero-order valence-electron chi connectivity index (χ0n) is 11.2. The van der Waals surface area contributed by atoms with Gasteiger partial charge in [-0.2, -0.15) is 0 Å².